The summed E-state index contributed by atoms with van der Waals surface area (Å²) in [5.74, 6) is 1.20. The molecule has 22 heavy (non-hydrogen) atoms. The van der Waals surface area contributed by atoms with Gasteiger partial charge in [0.15, 0.2) is 11.5 Å². The number of halogens is 1. The zero-order valence-corrected chi connectivity index (χ0v) is 14.2. The molecule has 3 N–H and O–H groups in total. The predicted octanol–water partition coefficient (Wildman–Crippen LogP) is 3.07. The lowest BCUT2D eigenvalue weighted by atomic mass is 9.96. The van der Waals surface area contributed by atoms with Crippen molar-refractivity contribution in [1.82, 2.24) is 0 Å². The molecule has 5 heteroatoms. The zero-order chi connectivity index (χ0) is 16.1. The van der Waals surface area contributed by atoms with Crippen molar-refractivity contribution in [2.24, 2.45) is 5.73 Å². The van der Waals surface area contributed by atoms with Crippen molar-refractivity contribution in [1.29, 1.82) is 0 Å². The van der Waals surface area contributed by atoms with Crippen LogP contribution in [-0.2, 0) is 6.42 Å². The third kappa shape index (κ3) is 3.80. The van der Waals surface area contributed by atoms with E-state index in [4.69, 9.17) is 15.2 Å². The molecule has 0 unspecified atom stereocenters. The molecular formula is C17H20BrNO3. The van der Waals surface area contributed by atoms with Gasteiger partial charge in [0, 0.05) is 10.9 Å². The van der Waals surface area contributed by atoms with Crippen LogP contribution in [0.3, 0.4) is 0 Å². The van der Waals surface area contributed by atoms with Crippen molar-refractivity contribution in [3.05, 3.63) is 58.1 Å². The molecule has 2 rings (SSSR count). The van der Waals surface area contributed by atoms with Gasteiger partial charge in [0.1, 0.15) is 0 Å². The molecule has 0 spiro atoms. The van der Waals surface area contributed by atoms with E-state index >= 15 is 0 Å². The fraction of sp³-hybridized carbons (Fsp3) is 0.294. The molecule has 2 atom stereocenters. The fourth-order valence-electron chi connectivity index (χ4n) is 2.32. The first-order valence-corrected chi connectivity index (χ1v) is 7.75. The molecule has 2 aromatic rings. The highest BCUT2D eigenvalue weighted by Crippen LogP contribution is 2.36. The Kier molecular flexibility index (Phi) is 5.83. The van der Waals surface area contributed by atoms with Crippen molar-refractivity contribution in [2.45, 2.75) is 18.6 Å². The molecule has 0 heterocycles. The Labute approximate surface area is 139 Å². The Morgan fingerprint density at radius 1 is 1.09 bits per heavy atom. The molecule has 0 bridgehead atoms. The number of benzene rings is 2. The number of aliphatic hydroxyl groups is 1. The SMILES string of the molecule is COc1cc(Br)c([C@H](N)[C@H](O)Cc2ccccc2)cc1OC. The highest BCUT2D eigenvalue weighted by Gasteiger charge is 2.22. The summed E-state index contributed by atoms with van der Waals surface area (Å²) in [4.78, 5) is 0. The Hall–Kier alpha value is -1.56. The maximum atomic E-state index is 10.4. The first kappa shape index (κ1) is 16.8. The van der Waals surface area contributed by atoms with Gasteiger partial charge in [-0.2, -0.15) is 0 Å². The summed E-state index contributed by atoms with van der Waals surface area (Å²) >= 11 is 3.48. The standard InChI is InChI=1S/C17H20BrNO3/c1-21-15-9-12(13(18)10-16(15)22-2)17(19)14(20)8-11-6-4-3-5-7-11/h3-7,9-10,14,17,20H,8,19H2,1-2H3/t14-,17+/m1/s1. The Bertz CT molecular complexity index is 619. The average Bonchev–Trinajstić information content (AvgIpc) is 2.54. The lowest BCUT2D eigenvalue weighted by Crippen LogP contribution is -2.28. The molecule has 0 saturated carbocycles. The average molecular weight is 366 g/mol. The first-order chi connectivity index (χ1) is 10.6. The van der Waals surface area contributed by atoms with Crippen molar-refractivity contribution in [3.8, 4) is 11.5 Å². The van der Waals surface area contributed by atoms with Crippen LogP contribution >= 0.6 is 15.9 Å². The predicted molar refractivity (Wildman–Crippen MR) is 90.3 cm³/mol. The van der Waals surface area contributed by atoms with Crippen LogP contribution in [0.2, 0.25) is 0 Å². The number of ether oxygens (including phenoxy) is 2. The number of nitrogens with two attached hydrogens (primary N) is 1. The number of hydrogen-bond donors (Lipinski definition) is 2. The van der Waals surface area contributed by atoms with Gasteiger partial charge in [-0.1, -0.05) is 46.3 Å². The molecule has 0 saturated heterocycles. The van der Waals surface area contributed by atoms with Crippen LogP contribution < -0.4 is 15.2 Å². The van der Waals surface area contributed by atoms with Crippen LogP contribution in [0.5, 0.6) is 11.5 Å². The van der Waals surface area contributed by atoms with Crippen molar-refractivity contribution < 1.29 is 14.6 Å². The smallest absolute Gasteiger partial charge is 0.161 e. The van der Waals surface area contributed by atoms with E-state index in [9.17, 15) is 5.11 Å². The third-order valence-electron chi connectivity index (χ3n) is 3.56. The molecule has 118 valence electrons. The van der Waals surface area contributed by atoms with Crippen molar-refractivity contribution in [3.63, 3.8) is 0 Å². The van der Waals surface area contributed by atoms with E-state index < -0.39 is 12.1 Å². The zero-order valence-electron chi connectivity index (χ0n) is 12.6. The van der Waals surface area contributed by atoms with Crippen LogP contribution in [0.4, 0.5) is 0 Å². The van der Waals surface area contributed by atoms with E-state index in [0.717, 1.165) is 15.6 Å². The second-order valence-electron chi connectivity index (χ2n) is 5.01. The molecular weight excluding hydrogens is 346 g/mol. The largest absolute Gasteiger partial charge is 0.493 e. The normalized spacial score (nSPS) is 13.5. The van der Waals surface area contributed by atoms with Gasteiger partial charge in [0.2, 0.25) is 0 Å². The number of hydrogen-bond acceptors (Lipinski definition) is 4. The van der Waals surface area contributed by atoms with Crippen LogP contribution in [-0.4, -0.2) is 25.4 Å². The van der Waals surface area contributed by atoms with Crippen LogP contribution in [0.15, 0.2) is 46.9 Å². The van der Waals surface area contributed by atoms with Gasteiger partial charge < -0.3 is 20.3 Å². The Balaban J connectivity index is 2.23. The van der Waals surface area contributed by atoms with E-state index in [1.54, 1.807) is 26.4 Å². The minimum absolute atomic E-state index is 0.489. The monoisotopic (exact) mass is 365 g/mol. The number of rotatable bonds is 6. The van der Waals surface area contributed by atoms with Crippen LogP contribution in [0.1, 0.15) is 17.2 Å². The molecule has 0 amide bonds. The second kappa shape index (κ2) is 7.63. The molecule has 0 aliphatic rings. The summed E-state index contributed by atoms with van der Waals surface area (Å²) in [6.07, 6.45) is -0.209. The summed E-state index contributed by atoms with van der Waals surface area (Å²) in [6, 6.07) is 12.8. The van der Waals surface area contributed by atoms with Gasteiger partial charge in [-0.3, -0.25) is 0 Å². The van der Waals surface area contributed by atoms with E-state index in [0.29, 0.717) is 17.9 Å². The minimum atomic E-state index is -0.697. The molecule has 0 aliphatic carbocycles. The van der Waals surface area contributed by atoms with E-state index in [2.05, 4.69) is 15.9 Å². The number of methoxy groups -OCH3 is 2. The quantitative estimate of drug-likeness (QED) is 0.825. The summed E-state index contributed by atoms with van der Waals surface area (Å²) < 4.78 is 11.3. The highest BCUT2D eigenvalue weighted by atomic mass is 79.9. The summed E-state index contributed by atoms with van der Waals surface area (Å²) in [7, 11) is 3.15. The van der Waals surface area contributed by atoms with E-state index in [1.807, 2.05) is 30.3 Å². The summed E-state index contributed by atoms with van der Waals surface area (Å²) in [6.45, 7) is 0. The van der Waals surface area contributed by atoms with E-state index in [1.165, 1.54) is 0 Å². The fourth-order valence-corrected chi connectivity index (χ4v) is 2.90. The maximum absolute atomic E-state index is 10.4. The molecule has 0 fully saturated rings. The Morgan fingerprint density at radius 2 is 1.68 bits per heavy atom. The third-order valence-corrected chi connectivity index (χ3v) is 4.25. The van der Waals surface area contributed by atoms with Gasteiger partial charge in [-0.25, -0.2) is 0 Å². The lowest BCUT2D eigenvalue weighted by Gasteiger charge is -2.22. The van der Waals surface area contributed by atoms with Gasteiger partial charge in [-0.05, 0) is 23.3 Å². The van der Waals surface area contributed by atoms with Crippen molar-refractivity contribution in [2.75, 3.05) is 14.2 Å². The summed E-state index contributed by atoms with van der Waals surface area (Å²) in [5.41, 5.74) is 8.05. The molecule has 2 aromatic carbocycles. The molecule has 4 nitrogen and oxygen atoms in total. The first-order valence-electron chi connectivity index (χ1n) is 6.95. The topological polar surface area (TPSA) is 64.7 Å². The molecule has 0 aromatic heterocycles. The maximum Gasteiger partial charge on any atom is 0.161 e. The van der Waals surface area contributed by atoms with Crippen LogP contribution in [0, 0.1) is 0 Å². The number of aliphatic hydroxyl groups excluding tert-OH is 1. The lowest BCUT2D eigenvalue weighted by molar-refractivity contribution is 0.144. The highest BCUT2D eigenvalue weighted by molar-refractivity contribution is 9.10. The second-order valence-corrected chi connectivity index (χ2v) is 5.87. The molecule has 0 aliphatic heterocycles. The van der Waals surface area contributed by atoms with Crippen molar-refractivity contribution >= 4 is 15.9 Å². The summed E-state index contributed by atoms with van der Waals surface area (Å²) in [5, 5.41) is 10.4. The van der Waals surface area contributed by atoms with Gasteiger partial charge in [0.25, 0.3) is 0 Å². The van der Waals surface area contributed by atoms with Gasteiger partial charge >= 0.3 is 0 Å². The van der Waals surface area contributed by atoms with Gasteiger partial charge in [0.05, 0.1) is 26.4 Å². The van der Waals surface area contributed by atoms with E-state index in [-0.39, 0.29) is 0 Å². The van der Waals surface area contributed by atoms with Crippen LogP contribution in [0.25, 0.3) is 0 Å². The minimum Gasteiger partial charge on any atom is -0.493 e. The van der Waals surface area contributed by atoms with Gasteiger partial charge in [-0.15, -0.1) is 0 Å². The molecule has 0 radical (unpaired) electrons. The Morgan fingerprint density at radius 3 is 2.27 bits per heavy atom.